The molecule has 0 fully saturated rings. The quantitative estimate of drug-likeness (QED) is 0.267. The molecule has 0 bridgehead atoms. The third-order valence-corrected chi connectivity index (χ3v) is 9.18. The van der Waals surface area contributed by atoms with Crippen LogP contribution in [-0.2, 0) is 26.2 Å². The summed E-state index contributed by atoms with van der Waals surface area (Å²) in [6.07, 6.45) is 1.13. The molecule has 0 heterocycles. The van der Waals surface area contributed by atoms with Crippen molar-refractivity contribution in [1.82, 2.24) is 10.2 Å². The highest BCUT2D eigenvalue weighted by molar-refractivity contribution is 9.10. The van der Waals surface area contributed by atoms with Crippen molar-refractivity contribution in [2.45, 2.75) is 71.0 Å². The van der Waals surface area contributed by atoms with Crippen LogP contribution in [0, 0.1) is 13.8 Å². The van der Waals surface area contributed by atoms with Gasteiger partial charge in [0.1, 0.15) is 12.6 Å². The van der Waals surface area contributed by atoms with Gasteiger partial charge in [0.25, 0.3) is 10.0 Å². The van der Waals surface area contributed by atoms with Crippen molar-refractivity contribution in [3.63, 3.8) is 0 Å². The molecule has 0 aliphatic rings. The van der Waals surface area contributed by atoms with Gasteiger partial charge in [-0.1, -0.05) is 77.3 Å². The van der Waals surface area contributed by atoms with E-state index in [2.05, 4.69) is 21.2 Å². The van der Waals surface area contributed by atoms with Gasteiger partial charge in [-0.15, -0.1) is 0 Å². The highest BCUT2D eigenvalue weighted by atomic mass is 79.9. The van der Waals surface area contributed by atoms with E-state index in [4.69, 9.17) is 0 Å². The van der Waals surface area contributed by atoms with Crippen molar-refractivity contribution in [3.8, 4) is 0 Å². The Labute approximate surface area is 246 Å². The van der Waals surface area contributed by atoms with Crippen LogP contribution in [0.4, 0.5) is 5.69 Å². The number of hydrogen-bond acceptors (Lipinski definition) is 4. The molecule has 0 spiro atoms. The Morgan fingerprint density at radius 3 is 1.93 bits per heavy atom. The van der Waals surface area contributed by atoms with Gasteiger partial charge < -0.3 is 10.2 Å². The summed E-state index contributed by atoms with van der Waals surface area (Å²) in [5.41, 5.74) is 3.20. The van der Waals surface area contributed by atoms with Crippen molar-refractivity contribution in [2.24, 2.45) is 0 Å². The van der Waals surface area contributed by atoms with Crippen LogP contribution in [0.25, 0.3) is 0 Å². The van der Waals surface area contributed by atoms with Crippen LogP contribution in [0.15, 0.2) is 82.2 Å². The fourth-order valence-corrected chi connectivity index (χ4v) is 5.90. The molecule has 0 aromatic heterocycles. The van der Waals surface area contributed by atoms with E-state index in [-0.39, 0.29) is 23.4 Å². The van der Waals surface area contributed by atoms with Crippen molar-refractivity contribution in [1.29, 1.82) is 0 Å². The first-order valence-corrected chi connectivity index (χ1v) is 15.7. The van der Waals surface area contributed by atoms with Gasteiger partial charge in [-0.3, -0.25) is 13.9 Å². The second-order valence-corrected chi connectivity index (χ2v) is 12.8. The van der Waals surface area contributed by atoms with E-state index in [9.17, 15) is 18.0 Å². The molecule has 0 aliphatic heterocycles. The largest absolute Gasteiger partial charge is 0.352 e. The standard InChI is InChI=1S/C31H38BrN3O4S/c1-6-24(5)33-31(37)29(7-2)34(20-25-12-8-22(3)9-13-25)30(36)21-35(27-16-14-26(32)15-17-27)40(38,39)28-18-10-23(4)11-19-28/h8-19,24,29H,6-7,20-21H2,1-5H3,(H,33,37)/t24-,29-/m1/s1. The van der Waals surface area contributed by atoms with Crippen molar-refractivity contribution >= 4 is 43.5 Å². The maximum Gasteiger partial charge on any atom is 0.264 e. The average Bonchev–Trinajstić information content (AvgIpc) is 2.93. The molecule has 2 atom stereocenters. The van der Waals surface area contributed by atoms with E-state index >= 15 is 0 Å². The molecule has 40 heavy (non-hydrogen) atoms. The van der Waals surface area contributed by atoms with Gasteiger partial charge in [-0.2, -0.15) is 0 Å². The van der Waals surface area contributed by atoms with Gasteiger partial charge in [0.15, 0.2) is 0 Å². The molecule has 3 aromatic carbocycles. The van der Waals surface area contributed by atoms with Crippen LogP contribution < -0.4 is 9.62 Å². The van der Waals surface area contributed by atoms with Gasteiger partial charge in [-0.05, 0) is 75.6 Å². The molecule has 9 heteroatoms. The highest BCUT2D eigenvalue weighted by Gasteiger charge is 2.34. The number of halogens is 1. The Bertz CT molecular complexity index is 1390. The predicted molar refractivity (Wildman–Crippen MR) is 164 cm³/mol. The van der Waals surface area contributed by atoms with Crippen LogP contribution in [0.1, 0.15) is 50.3 Å². The molecule has 3 rings (SSSR count). The summed E-state index contributed by atoms with van der Waals surface area (Å²) in [7, 11) is -4.10. The minimum atomic E-state index is -4.10. The summed E-state index contributed by atoms with van der Waals surface area (Å²) in [6, 6.07) is 20.2. The predicted octanol–water partition coefficient (Wildman–Crippen LogP) is 5.98. The van der Waals surface area contributed by atoms with Crippen LogP contribution in [0.2, 0.25) is 0 Å². The number of nitrogens with one attached hydrogen (secondary N) is 1. The van der Waals surface area contributed by atoms with E-state index < -0.39 is 28.5 Å². The van der Waals surface area contributed by atoms with Crippen molar-refractivity contribution in [3.05, 3.63) is 94.0 Å². The summed E-state index contributed by atoms with van der Waals surface area (Å²) in [6.45, 7) is 9.32. The average molecular weight is 629 g/mol. The Hall–Kier alpha value is -3.17. The van der Waals surface area contributed by atoms with E-state index in [1.807, 2.05) is 58.9 Å². The van der Waals surface area contributed by atoms with Crippen LogP contribution >= 0.6 is 15.9 Å². The molecule has 7 nitrogen and oxygen atoms in total. The first-order valence-electron chi connectivity index (χ1n) is 13.5. The number of anilines is 1. The van der Waals surface area contributed by atoms with Crippen molar-refractivity contribution < 1.29 is 18.0 Å². The lowest BCUT2D eigenvalue weighted by Crippen LogP contribution is -2.53. The summed E-state index contributed by atoms with van der Waals surface area (Å²) < 4.78 is 29.7. The maximum absolute atomic E-state index is 14.1. The Kier molecular flexibility index (Phi) is 10.9. The second kappa shape index (κ2) is 13.9. The molecule has 1 N–H and O–H groups in total. The molecule has 0 saturated carbocycles. The lowest BCUT2D eigenvalue weighted by atomic mass is 10.1. The lowest BCUT2D eigenvalue weighted by Gasteiger charge is -2.33. The summed E-state index contributed by atoms with van der Waals surface area (Å²) in [4.78, 5) is 29.0. The van der Waals surface area contributed by atoms with Gasteiger partial charge in [0, 0.05) is 17.1 Å². The number of aryl methyl sites for hydroxylation is 2. The normalized spacial score (nSPS) is 12.8. The second-order valence-electron chi connectivity index (χ2n) is 10.1. The summed E-state index contributed by atoms with van der Waals surface area (Å²) in [5.74, 6) is -0.723. The van der Waals surface area contributed by atoms with E-state index in [0.717, 1.165) is 31.9 Å². The third-order valence-electron chi connectivity index (χ3n) is 6.86. The fourth-order valence-electron chi connectivity index (χ4n) is 4.22. The number of rotatable bonds is 12. The molecule has 3 aromatic rings. The van der Waals surface area contributed by atoms with Crippen molar-refractivity contribution in [2.75, 3.05) is 10.8 Å². The minimum Gasteiger partial charge on any atom is -0.352 e. The molecule has 214 valence electrons. The molecule has 2 amide bonds. The number of nitrogens with zero attached hydrogens (tertiary/aromatic N) is 2. The number of benzene rings is 3. The zero-order valence-electron chi connectivity index (χ0n) is 23.7. The highest BCUT2D eigenvalue weighted by Crippen LogP contribution is 2.26. The third kappa shape index (κ3) is 7.95. The van der Waals surface area contributed by atoms with Crippen LogP contribution in [0.5, 0.6) is 0 Å². The Morgan fingerprint density at radius 1 is 0.850 bits per heavy atom. The zero-order chi connectivity index (χ0) is 29.4. The Balaban J connectivity index is 2.04. The topological polar surface area (TPSA) is 86.8 Å². The first kappa shape index (κ1) is 31.4. The van der Waals surface area contributed by atoms with Crippen LogP contribution in [0.3, 0.4) is 0 Å². The maximum atomic E-state index is 14.1. The van der Waals surface area contributed by atoms with Gasteiger partial charge in [0.05, 0.1) is 10.6 Å². The van der Waals surface area contributed by atoms with Gasteiger partial charge in [0.2, 0.25) is 11.8 Å². The monoisotopic (exact) mass is 627 g/mol. The summed E-state index contributed by atoms with van der Waals surface area (Å²) >= 11 is 3.40. The summed E-state index contributed by atoms with van der Waals surface area (Å²) in [5, 5.41) is 2.99. The molecule has 0 unspecified atom stereocenters. The Morgan fingerprint density at radius 2 is 1.40 bits per heavy atom. The molecule has 0 aliphatic carbocycles. The van der Waals surface area contributed by atoms with E-state index in [1.54, 1.807) is 48.5 Å². The van der Waals surface area contributed by atoms with Gasteiger partial charge in [-0.25, -0.2) is 8.42 Å². The number of carbonyl (C=O) groups is 2. The van der Waals surface area contributed by atoms with E-state index in [0.29, 0.717) is 12.1 Å². The minimum absolute atomic E-state index is 0.0564. The molecule has 0 saturated heterocycles. The van der Waals surface area contributed by atoms with Crippen LogP contribution in [-0.4, -0.2) is 43.8 Å². The fraction of sp³-hybridized carbons (Fsp3) is 0.355. The molecular weight excluding hydrogens is 590 g/mol. The van der Waals surface area contributed by atoms with E-state index in [1.165, 1.54) is 4.90 Å². The zero-order valence-corrected chi connectivity index (χ0v) is 26.1. The number of amides is 2. The lowest BCUT2D eigenvalue weighted by molar-refractivity contribution is -0.140. The molecule has 0 radical (unpaired) electrons. The first-order chi connectivity index (χ1) is 19.0. The number of carbonyl (C=O) groups excluding carboxylic acids is 2. The number of hydrogen-bond donors (Lipinski definition) is 1. The molecular formula is C31H38BrN3O4S. The smallest absolute Gasteiger partial charge is 0.264 e. The van der Waals surface area contributed by atoms with Gasteiger partial charge >= 0.3 is 0 Å². The number of sulfonamides is 1. The SMILES string of the molecule is CC[C@@H](C)NC(=O)[C@@H](CC)N(Cc1ccc(C)cc1)C(=O)CN(c1ccc(Br)cc1)S(=O)(=O)c1ccc(C)cc1.